The number of anilines is 1. The molecule has 0 bridgehead atoms. The molecule has 0 atom stereocenters. The molecular weight excluding hydrogens is 380 g/mol. The fraction of sp³-hybridized carbons (Fsp3) is 0.333. The Hall–Kier alpha value is -3.12. The van der Waals surface area contributed by atoms with Crippen molar-refractivity contribution in [2.24, 2.45) is 0 Å². The predicted molar refractivity (Wildman–Crippen MR) is 114 cm³/mol. The normalized spacial score (nSPS) is 18.4. The summed E-state index contributed by atoms with van der Waals surface area (Å²) in [5.74, 6) is -0.0356. The summed E-state index contributed by atoms with van der Waals surface area (Å²) >= 11 is 0. The molecule has 2 aromatic carbocycles. The van der Waals surface area contributed by atoms with E-state index >= 15 is 0 Å². The zero-order chi connectivity index (χ0) is 21.1. The highest BCUT2D eigenvalue weighted by atomic mass is 16.6. The first-order valence-corrected chi connectivity index (χ1v) is 10.2. The number of carbonyl (C=O) groups is 2. The van der Waals surface area contributed by atoms with Crippen LogP contribution in [-0.4, -0.2) is 42.6 Å². The number of amides is 1. The summed E-state index contributed by atoms with van der Waals surface area (Å²) in [6, 6.07) is 17.5. The first-order chi connectivity index (χ1) is 14.5. The van der Waals surface area contributed by atoms with Gasteiger partial charge in [-0.05, 0) is 24.6 Å². The molecule has 0 aromatic heterocycles. The molecule has 2 aliphatic heterocycles. The quantitative estimate of drug-likeness (QED) is 0.770. The lowest BCUT2D eigenvalue weighted by molar-refractivity contribution is -0.150. The summed E-state index contributed by atoms with van der Waals surface area (Å²) in [7, 11) is 1.58. The van der Waals surface area contributed by atoms with Gasteiger partial charge in [0.25, 0.3) is 5.91 Å². The van der Waals surface area contributed by atoms with Gasteiger partial charge in [-0.3, -0.25) is 9.69 Å². The molecule has 30 heavy (non-hydrogen) atoms. The maximum absolute atomic E-state index is 13.2. The van der Waals surface area contributed by atoms with Crippen LogP contribution in [0.2, 0.25) is 0 Å². The molecule has 2 heterocycles. The summed E-state index contributed by atoms with van der Waals surface area (Å²) in [6.45, 7) is 4.03. The maximum Gasteiger partial charge on any atom is 0.335 e. The molecule has 6 nitrogen and oxygen atoms in total. The van der Waals surface area contributed by atoms with Gasteiger partial charge in [0, 0.05) is 49.8 Å². The van der Waals surface area contributed by atoms with Crippen LogP contribution in [0.4, 0.5) is 5.69 Å². The molecule has 6 heteroatoms. The number of hydrogen-bond acceptors (Lipinski definition) is 5. The molecule has 0 unspecified atom stereocenters. The molecule has 4 rings (SSSR count). The van der Waals surface area contributed by atoms with Crippen molar-refractivity contribution in [2.45, 2.75) is 31.9 Å². The van der Waals surface area contributed by atoms with Gasteiger partial charge in [-0.1, -0.05) is 36.4 Å². The van der Waals surface area contributed by atoms with Gasteiger partial charge in [-0.2, -0.15) is 0 Å². The molecule has 1 spiro atoms. The smallest absolute Gasteiger partial charge is 0.335 e. The molecule has 0 radical (unpaired) electrons. The van der Waals surface area contributed by atoms with Crippen molar-refractivity contribution < 1.29 is 19.1 Å². The van der Waals surface area contributed by atoms with Crippen LogP contribution < -0.4 is 10.1 Å². The monoisotopic (exact) mass is 406 g/mol. The number of hydrogen-bond donors (Lipinski definition) is 1. The van der Waals surface area contributed by atoms with Crippen LogP contribution >= 0.6 is 0 Å². The van der Waals surface area contributed by atoms with Gasteiger partial charge in [-0.25, -0.2) is 4.79 Å². The molecule has 1 amide bonds. The van der Waals surface area contributed by atoms with Gasteiger partial charge < -0.3 is 14.8 Å². The van der Waals surface area contributed by atoms with E-state index in [1.54, 1.807) is 26.2 Å². The van der Waals surface area contributed by atoms with E-state index < -0.39 is 11.6 Å². The van der Waals surface area contributed by atoms with Crippen molar-refractivity contribution in [3.8, 4) is 5.75 Å². The van der Waals surface area contributed by atoms with Gasteiger partial charge in [0.2, 0.25) is 0 Å². The molecule has 1 N–H and O–H groups in total. The van der Waals surface area contributed by atoms with E-state index in [0.29, 0.717) is 35.4 Å². The lowest BCUT2D eigenvalue weighted by Gasteiger charge is -2.39. The van der Waals surface area contributed by atoms with Crippen LogP contribution in [0.25, 0.3) is 0 Å². The van der Waals surface area contributed by atoms with E-state index in [1.165, 1.54) is 5.56 Å². The Bertz CT molecular complexity index is 976. The lowest BCUT2D eigenvalue weighted by atomic mass is 9.82. The Morgan fingerprint density at radius 2 is 1.87 bits per heavy atom. The summed E-state index contributed by atoms with van der Waals surface area (Å²) < 4.78 is 11.0. The molecule has 2 aliphatic rings. The number of likely N-dealkylation sites (tertiary alicyclic amines) is 1. The Kier molecular flexibility index (Phi) is 5.59. The summed E-state index contributed by atoms with van der Waals surface area (Å²) in [5, 5.41) is 2.91. The molecule has 0 saturated carbocycles. The second-order valence-corrected chi connectivity index (χ2v) is 7.83. The number of benzene rings is 2. The van der Waals surface area contributed by atoms with Gasteiger partial charge in [0.05, 0.1) is 12.7 Å². The van der Waals surface area contributed by atoms with E-state index in [9.17, 15) is 9.59 Å². The average molecular weight is 406 g/mol. The van der Waals surface area contributed by atoms with Crippen molar-refractivity contribution in [2.75, 3.05) is 25.5 Å². The fourth-order valence-electron chi connectivity index (χ4n) is 4.29. The third-order valence-corrected chi connectivity index (χ3v) is 5.89. The van der Waals surface area contributed by atoms with Crippen LogP contribution in [0.3, 0.4) is 0 Å². The Labute approximate surface area is 176 Å². The first kappa shape index (κ1) is 20.2. The molecule has 156 valence electrons. The number of ether oxygens (including phenoxy) is 2. The van der Waals surface area contributed by atoms with E-state index in [-0.39, 0.29) is 5.91 Å². The molecule has 1 saturated heterocycles. The van der Waals surface area contributed by atoms with Crippen LogP contribution in [0.1, 0.15) is 25.3 Å². The molecule has 2 aromatic rings. The van der Waals surface area contributed by atoms with Crippen LogP contribution in [0, 0.1) is 0 Å². The van der Waals surface area contributed by atoms with Gasteiger partial charge in [0.1, 0.15) is 11.4 Å². The molecular formula is C24H26N2O4. The second-order valence-electron chi connectivity index (χ2n) is 7.83. The largest absolute Gasteiger partial charge is 0.497 e. The standard InChI is InChI=1S/C24H26N2O4/c1-17-21(22(27)25-19-9-6-10-20(15-19)29-2)24(30-23(17)28)11-13-26(14-12-24)16-18-7-4-3-5-8-18/h3-10,15H,11-14,16H2,1-2H3,(H,25,27). The minimum Gasteiger partial charge on any atom is -0.497 e. The van der Waals surface area contributed by atoms with Crippen molar-refractivity contribution >= 4 is 17.6 Å². The number of piperidine rings is 1. The van der Waals surface area contributed by atoms with Gasteiger partial charge >= 0.3 is 5.97 Å². The summed E-state index contributed by atoms with van der Waals surface area (Å²) in [4.78, 5) is 27.9. The van der Waals surface area contributed by atoms with Crippen LogP contribution in [0.5, 0.6) is 5.75 Å². The fourth-order valence-corrected chi connectivity index (χ4v) is 4.29. The summed E-state index contributed by atoms with van der Waals surface area (Å²) in [5.41, 5.74) is 1.87. The highest BCUT2D eigenvalue weighted by Crippen LogP contribution is 2.41. The van der Waals surface area contributed by atoms with Gasteiger partial charge in [-0.15, -0.1) is 0 Å². The minimum absolute atomic E-state index is 0.289. The number of carbonyl (C=O) groups excluding carboxylic acids is 2. The third kappa shape index (κ3) is 3.96. The zero-order valence-electron chi connectivity index (χ0n) is 17.3. The third-order valence-electron chi connectivity index (χ3n) is 5.89. The Morgan fingerprint density at radius 1 is 1.13 bits per heavy atom. The Morgan fingerprint density at radius 3 is 2.57 bits per heavy atom. The summed E-state index contributed by atoms with van der Waals surface area (Å²) in [6.07, 6.45) is 1.20. The van der Waals surface area contributed by atoms with Crippen LogP contribution in [-0.2, 0) is 20.9 Å². The average Bonchev–Trinajstić information content (AvgIpc) is 3.00. The van der Waals surface area contributed by atoms with E-state index in [0.717, 1.165) is 19.6 Å². The highest BCUT2D eigenvalue weighted by molar-refractivity contribution is 6.12. The zero-order valence-corrected chi connectivity index (χ0v) is 17.3. The molecule has 1 fully saturated rings. The number of rotatable bonds is 5. The second kappa shape index (κ2) is 8.32. The van der Waals surface area contributed by atoms with E-state index in [1.807, 2.05) is 30.3 Å². The number of nitrogens with zero attached hydrogens (tertiary/aromatic N) is 1. The number of esters is 1. The van der Waals surface area contributed by atoms with Gasteiger partial charge in [0.15, 0.2) is 0 Å². The highest BCUT2D eigenvalue weighted by Gasteiger charge is 2.50. The van der Waals surface area contributed by atoms with Crippen molar-refractivity contribution in [3.63, 3.8) is 0 Å². The topological polar surface area (TPSA) is 67.9 Å². The lowest BCUT2D eigenvalue weighted by Crippen LogP contribution is -2.47. The maximum atomic E-state index is 13.2. The van der Waals surface area contributed by atoms with Crippen molar-refractivity contribution in [3.05, 3.63) is 71.3 Å². The van der Waals surface area contributed by atoms with Crippen molar-refractivity contribution in [1.29, 1.82) is 0 Å². The Balaban J connectivity index is 1.49. The number of methoxy groups -OCH3 is 1. The van der Waals surface area contributed by atoms with Crippen molar-refractivity contribution in [1.82, 2.24) is 4.90 Å². The first-order valence-electron chi connectivity index (χ1n) is 10.2. The predicted octanol–water partition coefficient (Wildman–Crippen LogP) is 3.54. The van der Waals surface area contributed by atoms with E-state index in [2.05, 4.69) is 22.3 Å². The minimum atomic E-state index is -0.850. The number of nitrogens with one attached hydrogen (secondary N) is 1. The van der Waals surface area contributed by atoms with E-state index in [4.69, 9.17) is 9.47 Å². The van der Waals surface area contributed by atoms with Crippen LogP contribution in [0.15, 0.2) is 65.7 Å². The molecule has 0 aliphatic carbocycles. The SMILES string of the molecule is COc1cccc(NC(=O)C2=C(C)C(=O)OC23CCN(Cc2ccccc2)CC3)c1.